The first-order chi connectivity index (χ1) is 6.41. The number of alkyl halides is 1. The van der Waals surface area contributed by atoms with E-state index in [4.69, 9.17) is 0 Å². The normalized spacial score (nSPS) is 14.4. The highest BCUT2D eigenvalue weighted by Gasteiger charge is 2.21. The molecule has 1 aromatic rings. The Hall–Kier alpha value is 0.180. The van der Waals surface area contributed by atoms with E-state index in [0.717, 1.165) is 0 Å². The summed E-state index contributed by atoms with van der Waals surface area (Å²) in [7, 11) is 0. The van der Waals surface area contributed by atoms with Gasteiger partial charge in [0.1, 0.15) is 0 Å². The fourth-order valence-electron chi connectivity index (χ4n) is 1.39. The van der Waals surface area contributed by atoms with Crippen molar-refractivity contribution in [1.82, 2.24) is 0 Å². The molecule has 0 fully saturated rings. The van der Waals surface area contributed by atoms with Gasteiger partial charge in [0, 0.05) is 9.70 Å². The van der Waals surface area contributed by atoms with Crippen LogP contribution in [0.5, 0.6) is 0 Å². The summed E-state index contributed by atoms with van der Waals surface area (Å²) in [6, 6.07) is 2.25. The SMILES string of the molecule is Cc1sccc1CCC(Br)C(C)(C)C. The van der Waals surface area contributed by atoms with Crippen LogP contribution in [0.2, 0.25) is 0 Å². The molecule has 0 bridgehead atoms. The monoisotopic (exact) mass is 274 g/mol. The largest absolute Gasteiger partial charge is 0.149 e. The van der Waals surface area contributed by atoms with Crippen LogP contribution in [-0.4, -0.2) is 4.83 Å². The quantitative estimate of drug-likeness (QED) is 0.695. The molecule has 0 radical (unpaired) electrons. The third-order valence-electron chi connectivity index (χ3n) is 2.57. The summed E-state index contributed by atoms with van der Waals surface area (Å²) in [6.07, 6.45) is 2.42. The fourth-order valence-corrected chi connectivity index (χ4v) is 2.37. The van der Waals surface area contributed by atoms with Crippen LogP contribution >= 0.6 is 27.3 Å². The molecule has 80 valence electrons. The van der Waals surface area contributed by atoms with Crippen LogP contribution in [0.1, 0.15) is 37.6 Å². The van der Waals surface area contributed by atoms with E-state index in [9.17, 15) is 0 Å². The van der Waals surface area contributed by atoms with E-state index in [1.165, 1.54) is 23.3 Å². The Morgan fingerprint density at radius 2 is 2.07 bits per heavy atom. The Bertz CT molecular complexity index is 283. The number of thiophene rings is 1. The predicted molar refractivity (Wildman–Crippen MR) is 69.5 cm³/mol. The maximum Gasteiger partial charge on any atom is 0.0197 e. The number of aryl methyl sites for hydroxylation is 2. The van der Waals surface area contributed by atoms with Gasteiger partial charge < -0.3 is 0 Å². The predicted octanol–water partition coefficient (Wildman–Crippen LogP) is 4.80. The molecule has 1 heterocycles. The number of rotatable bonds is 3. The van der Waals surface area contributed by atoms with Crippen LogP contribution in [0.15, 0.2) is 11.4 Å². The lowest BCUT2D eigenvalue weighted by molar-refractivity contribution is 0.386. The van der Waals surface area contributed by atoms with E-state index in [2.05, 4.69) is 55.1 Å². The molecule has 0 saturated carbocycles. The summed E-state index contributed by atoms with van der Waals surface area (Å²) in [5, 5.41) is 2.19. The van der Waals surface area contributed by atoms with Crippen molar-refractivity contribution in [3.63, 3.8) is 0 Å². The molecule has 1 atom stereocenters. The van der Waals surface area contributed by atoms with Gasteiger partial charge in [-0.15, -0.1) is 11.3 Å². The Balaban J connectivity index is 2.46. The van der Waals surface area contributed by atoms with Crippen molar-refractivity contribution in [2.45, 2.75) is 45.4 Å². The molecular formula is C12H19BrS. The van der Waals surface area contributed by atoms with Crippen LogP contribution in [0.25, 0.3) is 0 Å². The van der Waals surface area contributed by atoms with Crippen molar-refractivity contribution in [1.29, 1.82) is 0 Å². The molecule has 1 aromatic heterocycles. The maximum atomic E-state index is 3.77. The topological polar surface area (TPSA) is 0 Å². The molecule has 1 unspecified atom stereocenters. The lowest BCUT2D eigenvalue weighted by Crippen LogP contribution is -2.20. The van der Waals surface area contributed by atoms with E-state index in [0.29, 0.717) is 10.2 Å². The van der Waals surface area contributed by atoms with Crippen molar-refractivity contribution >= 4 is 27.3 Å². The van der Waals surface area contributed by atoms with Gasteiger partial charge in [-0.3, -0.25) is 0 Å². The molecule has 0 aliphatic carbocycles. The van der Waals surface area contributed by atoms with Gasteiger partial charge in [-0.2, -0.15) is 0 Å². The summed E-state index contributed by atoms with van der Waals surface area (Å²) in [6.45, 7) is 9.06. The fraction of sp³-hybridized carbons (Fsp3) is 0.667. The second kappa shape index (κ2) is 4.80. The molecule has 0 amide bonds. The van der Waals surface area contributed by atoms with Gasteiger partial charge in [-0.1, -0.05) is 36.7 Å². The number of halogens is 1. The molecule has 1 rings (SSSR count). The first kappa shape index (κ1) is 12.3. The average molecular weight is 275 g/mol. The number of hydrogen-bond donors (Lipinski definition) is 0. The molecule has 0 aliphatic rings. The smallest absolute Gasteiger partial charge is 0.0197 e. The summed E-state index contributed by atoms with van der Waals surface area (Å²) >= 11 is 5.62. The molecule has 0 aromatic carbocycles. The molecule has 2 heteroatoms. The second-order valence-electron chi connectivity index (χ2n) is 4.87. The van der Waals surface area contributed by atoms with E-state index in [1.807, 2.05) is 11.3 Å². The Morgan fingerprint density at radius 1 is 1.43 bits per heavy atom. The second-order valence-corrected chi connectivity index (χ2v) is 7.10. The van der Waals surface area contributed by atoms with E-state index >= 15 is 0 Å². The van der Waals surface area contributed by atoms with Crippen molar-refractivity contribution in [3.05, 3.63) is 21.9 Å². The standard InChI is InChI=1S/C12H19BrS/c1-9-10(7-8-14-9)5-6-11(13)12(2,3)4/h7-8,11H,5-6H2,1-4H3. The maximum absolute atomic E-state index is 3.77. The lowest BCUT2D eigenvalue weighted by Gasteiger charge is -2.25. The van der Waals surface area contributed by atoms with Crippen LogP contribution in [0, 0.1) is 12.3 Å². The van der Waals surface area contributed by atoms with Gasteiger partial charge >= 0.3 is 0 Å². The molecule has 0 nitrogen and oxygen atoms in total. The summed E-state index contributed by atoms with van der Waals surface area (Å²) in [4.78, 5) is 2.08. The molecule has 0 N–H and O–H groups in total. The molecule has 14 heavy (non-hydrogen) atoms. The highest BCUT2D eigenvalue weighted by Crippen LogP contribution is 2.30. The van der Waals surface area contributed by atoms with E-state index < -0.39 is 0 Å². The van der Waals surface area contributed by atoms with Crippen molar-refractivity contribution < 1.29 is 0 Å². The van der Waals surface area contributed by atoms with Gasteiger partial charge in [0.2, 0.25) is 0 Å². The molecule has 0 aliphatic heterocycles. The van der Waals surface area contributed by atoms with Crippen LogP contribution in [-0.2, 0) is 6.42 Å². The lowest BCUT2D eigenvalue weighted by atomic mass is 9.89. The summed E-state index contributed by atoms with van der Waals surface area (Å²) < 4.78 is 0. The van der Waals surface area contributed by atoms with Gasteiger partial charge in [0.25, 0.3) is 0 Å². The van der Waals surface area contributed by atoms with Gasteiger partial charge in [-0.05, 0) is 42.2 Å². The Kier molecular flexibility index (Phi) is 4.20. The first-order valence-electron chi connectivity index (χ1n) is 5.08. The molecule has 0 spiro atoms. The van der Waals surface area contributed by atoms with Crippen molar-refractivity contribution in [2.75, 3.05) is 0 Å². The minimum atomic E-state index is 0.365. The minimum Gasteiger partial charge on any atom is -0.149 e. The number of hydrogen-bond acceptors (Lipinski definition) is 1. The third kappa shape index (κ3) is 3.39. The van der Waals surface area contributed by atoms with Gasteiger partial charge in [0.15, 0.2) is 0 Å². The van der Waals surface area contributed by atoms with Crippen LogP contribution < -0.4 is 0 Å². The van der Waals surface area contributed by atoms with Gasteiger partial charge in [-0.25, -0.2) is 0 Å². The van der Waals surface area contributed by atoms with E-state index in [1.54, 1.807) is 0 Å². The average Bonchev–Trinajstić information content (AvgIpc) is 2.45. The zero-order valence-corrected chi connectivity index (χ0v) is 11.8. The highest BCUT2D eigenvalue weighted by atomic mass is 79.9. The first-order valence-corrected chi connectivity index (χ1v) is 6.88. The van der Waals surface area contributed by atoms with Crippen LogP contribution in [0.4, 0.5) is 0 Å². The van der Waals surface area contributed by atoms with Gasteiger partial charge in [0.05, 0.1) is 0 Å². The summed E-state index contributed by atoms with van der Waals surface area (Å²) in [5.41, 5.74) is 1.88. The zero-order valence-electron chi connectivity index (χ0n) is 9.43. The van der Waals surface area contributed by atoms with E-state index in [-0.39, 0.29) is 0 Å². The van der Waals surface area contributed by atoms with Crippen LogP contribution in [0.3, 0.4) is 0 Å². The summed E-state index contributed by atoms with van der Waals surface area (Å²) in [5.74, 6) is 0. The Morgan fingerprint density at radius 3 is 2.50 bits per heavy atom. The van der Waals surface area contributed by atoms with Crippen molar-refractivity contribution in [3.8, 4) is 0 Å². The Labute approximate surface area is 99.9 Å². The third-order valence-corrected chi connectivity index (χ3v) is 5.29. The minimum absolute atomic E-state index is 0.365. The zero-order chi connectivity index (χ0) is 10.8. The molecule has 0 saturated heterocycles. The molecular weight excluding hydrogens is 256 g/mol. The van der Waals surface area contributed by atoms with Crippen molar-refractivity contribution in [2.24, 2.45) is 5.41 Å². The highest BCUT2D eigenvalue weighted by molar-refractivity contribution is 9.09.